The number of hydrogen-bond acceptors (Lipinski definition) is 5. The summed E-state index contributed by atoms with van der Waals surface area (Å²) < 4.78 is 0. The molecule has 2 bridgehead atoms. The first kappa shape index (κ1) is 17.1. The minimum Gasteiger partial charge on any atom is -0.295 e. The number of fused-ring (bicyclic) bond motifs is 5. The summed E-state index contributed by atoms with van der Waals surface area (Å²) in [6.45, 7) is 8.86. The van der Waals surface area contributed by atoms with Gasteiger partial charge in [-0.2, -0.15) is 4.89 Å². The molecule has 5 unspecified atom stereocenters. The molecular weight excluding hydrogens is 310 g/mol. The van der Waals surface area contributed by atoms with Crippen molar-refractivity contribution in [2.75, 3.05) is 0 Å². The Bertz CT molecular complexity index is 573. The zero-order valence-corrected chi connectivity index (χ0v) is 14.8. The Kier molecular flexibility index (Phi) is 4.06. The summed E-state index contributed by atoms with van der Waals surface area (Å²) in [7, 11) is 0. The molecule has 3 aliphatic rings. The highest BCUT2D eigenvalue weighted by Gasteiger charge is 2.61. The molecule has 0 aromatic heterocycles. The van der Waals surface area contributed by atoms with Gasteiger partial charge in [0.1, 0.15) is 11.6 Å². The van der Waals surface area contributed by atoms with Crippen LogP contribution in [0.5, 0.6) is 0 Å². The van der Waals surface area contributed by atoms with Gasteiger partial charge in [0.15, 0.2) is 0 Å². The third kappa shape index (κ3) is 2.66. The molecule has 2 aliphatic carbocycles. The summed E-state index contributed by atoms with van der Waals surface area (Å²) in [5.41, 5.74) is -0.657. The summed E-state index contributed by atoms with van der Waals surface area (Å²) in [6, 6.07) is -0.947. The van der Waals surface area contributed by atoms with Crippen LogP contribution in [0.15, 0.2) is 12.2 Å². The molecule has 132 valence electrons. The lowest BCUT2D eigenvalue weighted by molar-refractivity contribution is -0.323. The van der Waals surface area contributed by atoms with Crippen LogP contribution in [0.4, 0.5) is 0 Å². The van der Waals surface area contributed by atoms with Crippen LogP contribution in [-0.4, -0.2) is 34.3 Å². The molecule has 1 saturated heterocycles. The second kappa shape index (κ2) is 5.69. The van der Waals surface area contributed by atoms with Gasteiger partial charge in [-0.3, -0.25) is 19.4 Å². The van der Waals surface area contributed by atoms with Gasteiger partial charge in [0.2, 0.25) is 11.8 Å². The zero-order chi connectivity index (χ0) is 17.8. The number of imide groups is 1. The van der Waals surface area contributed by atoms with Gasteiger partial charge in [0.05, 0.1) is 11.8 Å². The van der Waals surface area contributed by atoms with E-state index in [1.54, 1.807) is 34.6 Å². The highest BCUT2D eigenvalue weighted by atomic mass is 17.2. The smallest absolute Gasteiger partial charge is 0.295 e. The van der Waals surface area contributed by atoms with Gasteiger partial charge < -0.3 is 0 Å². The maximum absolute atomic E-state index is 12.9. The predicted molar refractivity (Wildman–Crippen MR) is 85.1 cm³/mol. The molecule has 2 amide bonds. The third-order valence-corrected chi connectivity index (χ3v) is 5.03. The van der Waals surface area contributed by atoms with Crippen LogP contribution in [0, 0.1) is 29.6 Å². The van der Waals surface area contributed by atoms with Gasteiger partial charge in [-0.05, 0) is 44.9 Å². The largest absolute Gasteiger partial charge is 0.365 e. The van der Waals surface area contributed by atoms with Crippen molar-refractivity contribution >= 4 is 17.8 Å². The summed E-state index contributed by atoms with van der Waals surface area (Å²) >= 11 is 0. The lowest BCUT2D eigenvalue weighted by Crippen LogP contribution is -2.50. The quantitative estimate of drug-likeness (QED) is 0.340. The first-order valence-electron chi connectivity index (χ1n) is 8.56. The summed E-state index contributed by atoms with van der Waals surface area (Å²) in [5, 5.41) is 0. The maximum atomic E-state index is 12.9. The molecule has 0 spiro atoms. The van der Waals surface area contributed by atoms with Crippen molar-refractivity contribution in [2.24, 2.45) is 29.6 Å². The number of carbonyl (C=O) groups is 3. The van der Waals surface area contributed by atoms with Crippen molar-refractivity contribution in [3.63, 3.8) is 0 Å². The van der Waals surface area contributed by atoms with E-state index in [4.69, 9.17) is 9.78 Å². The van der Waals surface area contributed by atoms with Gasteiger partial charge in [0.25, 0.3) is 0 Å². The highest BCUT2D eigenvalue weighted by molar-refractivity contribution is 6.09. The second-order valence-corrected chi connectivity index (χ2v) is 8.33. The number of carbonyl (C=O) groups excluding carboxylic acids is 3. The van der Waals surface area contributed by atoms with Crippen molar-refractivity contribution in [3.8, 4) is 0 Å². The van der Waals surface area contributed by atoms with E-state index in [-0.39, 0.29) is 41.4 Å². The molecule has 24 heavy (non-hydrogen) atoms. The van der Waals surface area contributed by atoms with E-state index in [1.807, 2.05) is 12.2 Å². The topological polar surface area (TPSA) is 72.9 Å². The Labute approximate surface area is 142 Å². The number of allylic oxidation sites excluding steroid dienone is 2. The molecule has 0 radical (unpaired) electrons. The average molecular weight is 335 g/mol. The van der Waals surface area contributed by atoms with Crippen LogP contribution in [0.2, 0.25) is 0 Å². The highest BCUT2D eigenvalue weighted by Crippen LogP contribution is 2.53. The maximum Gasteiger partial charge on any atom is 0.365 e. The van der Waals surface area contributed by atoms with Crippen LogP contribution >= 0.6 is 0 Å². The van der Waals surface area contributed by atoms with E-state index >= 15 is 0 Å². The standard InChI is InChI=1S/C18H25NO5/c1-9(2)14(17(22)23-24-18(3,4)5)19-15(20)12-10-6-7-11(8-10)13(12)16(19)21/h6-7,9-14H,8H2,1-5H3. The molecule has 0 N–H and O–H groups in total. The van der Waals surface area contributed by atoms with Gasteiger partial charge >= 0.3 is 5.97 Å². The van der Waals surface area contributed by atoms with Crippen molar-refractivity contribution in [1.29, 1.82) is 0 Å². The van der Waals surface area contributed by atoms with Gasteiger partial charge in [-0.25, -0.2) is 4.79 Å². The molecular formula is C18H25NO5. The van der Waals surface area contributed by atoms with Crippen LogP contribution in [0.25, 0.3) is 0 Å². The van der Waals surface area contributed by atoms with E-state index < -0.39 is 17.6 Å². The number of hydrogen-bond donors (Lipinski definition) is 0. The first-order valence-corrected chi connectivity index (χ1v) is 8.56. The Morgan fingerprint density at radius 3 is 2.04 bits per heavy atom. The lowest BCUT2D eigenvalue weighted by Gasteiger charge is -2.29. The number of nitrogens with zero attached hydrogens (tertiary/aromatic N) is 1. The van der Waals surface area contributed by atoms with Crippen LogP contribution in [0.1, 0.15) is 41.0 Å². The third-order valence-electron chi connectivity index (χ3n) is 5.03. The van der Waals surface area contributed by atoms with Crippen molar-refractivity contribution < 1.29 is 24.2 Å². The van der Waals surface area contributed by atoms with E-state index in [1.165, 1.54) is 0 Å². The van der Waals surface area contributed by atoms with E-state index in [0.29, 0.717) is 0 Å². The summed E-state index contributed by atoms with van der Waals surface area (Å²) in [6.07, 6.45) is 4.93. The molecule has 1 saturated carbocycles. The monoisotopic (exact) mass is 335 g/mol. The fourth-order valence-electron chi connectivity index (χ4n) is 4.09. The Hall–Kier alpha value is -1.69. The van der Waals surface area contributed by atoms with Crippen LogP contribution in [-0.2, 0) is 24.2 Å². The molecule has 3 rings (SSSR count). The van der Waals surface area contributed by atoms with Gasteiger partial charge in [0, 0.05) is 0 Å². The lowest BCUT2D eigenvalue weighted by atomic mass is 9.85. The fourth-order valence-corrected chi connectivity index (χ4v) is 4.09. The van der Waals surface area contributed by atoms with Crippen molar-refractivity contribution in [3.05, 3.63) is 12.2 Å². The molecule has 0 aromatic rings. The zero-order valence-electron chi connectivity index (χ0n) is 14.8. The number of likely N-dealkylation sites (tertiary alicyclic amines) is 1. The SMILES string of the molecule is CC(C)C(C(=O)OOC(C)(C)C)N1C(=O)C2C3C=CC(C3)C2C1=O. The van der Waals surface area contributed by atoms with E-state index in [0.717, 1.165) is 11.3 Å². The normalized spacial score (nSPS) is 32.7. The molecule has 1 heterocycles. The van der Waals surface area contributed by atoms with Crippen molar-refractivity contribution in [1.82, 2.24) is 4.90 Å². The molecule has 5 atom stereocenters. The van der Waals surface area contributed by atoms with Gasteiger partial charge in [-0.15, -0.1) is 0 Å². The predicted octanol–water partition coefficient (Wildman–Crippen LogP) is 2.09. The minimum atomic E-state index is -0.947. The Morgan fingerprint density at radius 1 is 1.12 bits per heavy atom. The summed E-state index contributed by atoms with van der Waals surface area (Å²) in [5.74, 6) is -1.82. The van der Waals surface area contributed by atoms with E-state index in [9.17, 15) is 14.4 Å². The van der Waals surface area contributed by atoms with Gasteiger partial charge in [-0.1, -0.05) is 26.0 Å². The molecule has 6 heteroatoms. The molecule has 1 aliphatic heterocycles. The molecule has 6 nitrogen and oxygen atoms in total. The first-order chi connectivity index (χ1) is 11.1. The number of rotatable bonds is 4. The number of amides is 2. The summed E-state index contributed by atoms with van der Waals surface area (Å²) in [4.78, 5) is 49.4. The molecule has 0 aromatic carbocycles. The molecule has 2 fully saturated rings. The van der Waals surface area contributed by atoms with Crippen LogP contribution < -0.4 is 0 Å². The second-order valence-electron chi connectivity index (χ2n) is 8.33. The Morgan fingerprint density at radius 2 is 1.62 bits per heavy atom. The minimum absolute atomic E-state index is 0.121. The average Bonchev–Trinajstić information content (AvgIpc) is 3.13. The Balaban J connectivity index is 1.81. The van der Waals surface area contributed by atoms with E-state index in [2.05, 4.69) is 0 Å². The van der Waals surface area contributed by atoms with Crippen LogP contribution in [0.3, 0.4) is 0 Å². The van der Waals surface area contributed by atoms with Crippen molar-refractivity contribution in [2.45, 2.75) is 52.7 Å². The fraction of sp³-hybridized carbons (Fsp3) is 0.722.